The van der Waals surface area contributed by atoms with E-state index in [0.717, 1.165) is 45.7 Å². The number of amides is 4. The maximum absolute atomic E-state index is 13.7. The van der Waals surface area contributed by atoms with Gasteiger partial charge in [-0.1, -0.05) is 138 Å². The Hall–Kier alpha value is -14.0. The van der Waals surface area contributed by atoms with Gasteiger partial charge < -0.3 is 40.2 Å². The van der Waals surface area contributed by atoms with Crippen molar-refractivity contribution in [2.24, 2.45) is 28.2 Å². The number of aryl methyl sites for hydroxylation is 6. The average Bonchev–Trinajstić information content (AvgIpc) is 1.62. The molecule has 4 N–H and O–H groups in total. The predicted octanol–water partition coefficient (Wildman–Crippen LogP) is 22.6. The van der Waals surface area contributed by atoms with Gasteiger partial charge in [-0.05, 0) is 170 Å². The standard InChI is InChI=1S/C23H19ClF5N3O3.C23H19F6N3O3.C23H25N3O3.C22H19ClF3N3O3/c1-11(13-4-6-14(7-5-13)12(2)33)30-21(34)18-19(20(25)26)31-32(3)22(18)35-17-9-8-15(10-16(17)24)23(27,28)29;1-12(14-4-6-15(7-5-14)13(2)33)30-20(34)18-19(23(27,28)29)31-32(3)21(18)35-17-10-8-16(9-11-17)22(24,25)26;1-14-6-12-20(13-7-14)29-23-21(16(3)25-26(23)5)22(28)24-15(2)18-8-10-19(11-9-18)17(4)27;1-12(14-4-6-15(7-5-14)13(2)30)27-20(31)18-19(22(24,25)26)28-29(3)21(18)32-17-10-8-16(23)9-11-17/h4-11,20H,1-3H3,(H,30,34);4-12H,1-3H3,(H,30,34);6-13,15H,1-5H3,(H,24,28);4-12H,1-3H3,(H,27,31)/t11-;12-;15-;12-/m0000/s1. The van der Waals surface area contributed by atoms with Gasteiger partial charge in [-0.3, -0.25) is 38.4 Å². The minimum atomic E-state index is -5.02. The highest BCUT2D eigenvalue weighted by molar-refractivity contribution is 6.32. The van der Waals surface area contributed by atoms with Crippen molar-refractivity contribution in [2.45, 2.75) is 125 Å². The minimum absolute atomic E-state index is 0.0112. The van der Waals surface area contributed by atoms with Crippen LogP contribution in [0.2, 0.25) is 10.0 Å². The molecular formula is C91H82Cl2F14N12O12. The normalized spacial score (nSPS) is 12.4. The molecule has 0 fully saturated rings. The van der Waals surface area contributed by atoms with Crippen molar-refractivity contribution in [3.63, 3.8) is 0 Å². The number of hydrogen-bond donors (Lipinski definition) is 4. The number of ketones is 4. The minimum Gasteiger partial charge on any atom is -0.438 e. The van der Waals surface area contributed by atoms with Gasteiger partial charge in [0.15, 0.2) is 34.5 Å². The van der Waals surface area contributed by atoms with Gasteiger partial charge in [0.05, 0.1) is 46.0 Å². The summed E-state index contributed by atoms with van der Waals surface area (Å²) in [6.07, 6.45) is -22.3. The van der Waals surface area contributed by atoms with Gasteiger partial charge in [0, 0.05) is 55.5 Å². The highest BCUT2D eigenvalue weighted by Gasteiger charge is 2.45. The first-order valence-electron chi connectivity index (χ1n) is 39.1. The van der Waals surface area contributed by atoms with Crippen LogP contribution in [0.15, 0.2) is 188 Å². The summed E-state index contributed by atoms with van der Waals surface area (Å²) in [5.74, 6) is -4.50. The number of carbonyl (C=O) groups is 8. The first kappa shape index (κ1) is 101. The Morgan fingerprint density at radius 2 is 0.626 bits per heavy atom. The smallest absolute Gasteiger partial charge is 0.436 e. The van der Waals surface area contributed by atoms with Crippen LogP contribution in [-0.4, -0.2) is 85.9 Å². The molecule has 0 aliphatic carbocycles. The highest BCUT2D eigenvalue weighted by atomic mass is 35.5. The third-order valence-electron chi connectivity index (χ3n) is 19.6. The number of hydrogen-bond acceptors (Lipinski definition) is 16. The van der Waals surface area contributed by atoms with Crippen LogP contribution in [0.3, 0.4) is 0 Å². The second-order valence-electron chi connectivity index (χ2n) is 29.5. The summed E-state index contributed by atoms with van der Waals surface area (Å²) >= 11 is 11.7. The Balaban J connectivity index is 0.000000197. The first-order chi connectivity index (χ1) is 61.2. The van der Waals surface area contributed by atoms with Crippen LogP contribution in [0.5, 0.6) is 46.5 Å². The van der Waals surface area contributed by atoms with Crippen molar-refractivity contribution in [3.05, 3.63) is 304 Å². The Kier molecular flexibility index (Phi) is 32.3. The van der Waals surface area contributed by atoms with Gasteiger partial charge in [0.25, 0.3) is 30.1 Å². The molecule has 4 aromatic heterocycles. The van der Waals surface area contributed by atoms with Crippen molar-refractivity contribution in [1.82, 2.24) is 60.4 Å². The molecule has 131 heavy (non-hydrogen) atoms. The number of halogens is 16. The van der Waals surface area contributed by atoms with Crippen molar-refractivity contribution < 1.29 is 119 Å². The van der Waals surface area contributed by atoms with E-state index < -0.39 is 129 Å². The molecular weight excluding hydrogens is 1790 g/mol. The third-order valence-corrected chi connectivity index (χ3v) is 20.2. The number of ether oxygens (including phenoxy) is 4. The predicted molar refractivity (Wildman–Crippen MR) is 453 cm³/mol. The molecule has 4 atom stereocenters. The summed E-state index contributed by atoms with van der Waals surface area (Å²) in [6, 6.07) is 42.9. The molecule has 0 aliphatic rings. The first-order valence-corrected chi connectivity index (χ1v) is 39.9. The molecule has 0 aliphatic heterocycles. The molecule has 12 aromatic rings. The van der Waals surface area contributed by atoms with Gasteiger partial charge in [-0.2, -0.15) is 73.1 Å². The Labute approximate surface area is 749 Å². The summed E-state index contributed by atoms with van der Waals surface area (Å²) < 4.78 is 213. The molecule has 24 nitrogen and oxygen atoms in total. The molecule has 0 saturated heterocycles. The lowest BCUT2D eigenvalue weighted by Crippen LogP contribution is -2.28. The van der Waals surface area contributed by atoms with E-state index in [9.17, 15) is 99.8 Å². The van der Waals surface area contributed by atoms with E-state index in [0.29, 0.717) is 95.8 Å². The number of benzene rings is 8. The van der Waals surface area contributed by atoms with Crippen LogP contribution in [0.4, 0.5) is 61.5 Å². The second kappa shape index (κ2) is 42.0. The fraction of sp³-hybridized carbons (Fsp3) is 0.253. The van der Waals surface area contributed by atoms with Crippen LogP contribution >= 0.6 is 23.2 Å². The number of rotatable bonds is 25. The summed E-state index contributed by atoms with van der Waals surface area (Å²) in [4.78, 5) is 97.6. The molecule has 0 unspecified atom stereocenters. The van der Waals surface area contributed by atoms with Crippen LogP contribution in [0.1, 0.15) is 231 Å². The summed E-state index contributed by atoms with van der Waals surface area (Å²) in [7, 11) is 5.34. The van der Waals surface area contributed by atoms with Gasteiger partial charge >= 0.3 is 24.7 Å². The van der Waals surface area contributed by atoms with Crippen molar-refractivity contribution in [2.75, 3.05) is 0 Å². The molecule has 4 amide bonds. The van der Waals surface area contributed by atoms with Crippen molar-refractivity contribution >= 4 is 70.0 Å². The number of carbonyl (C=O) groups excluding carboxylic acids is 8. The van der Waals surface area contributed by atoms with Crippen LogP contribution in [0.25, 0.3) is 0 Å². The van der Waals surface area contributed by atoms with Crippen molar-refractivity contribution in [3.8, 4) is 46.5 Å². The second-order valence-corrected chi connectivity index (χ2v) is 30.4. The Bertz CT molecular complexity index is 6160. The number of Topliss-reactive ketones (excluding diaryl/α,β-unsaturated/α-hetero) is 4. The molecule has 690 valence electrons. The van der Waals surface area contributed by atoms with E-state index in [4.69, 9.17) is 42.1 Å². The van der Waals surface area contributed by atoms with Crippen molar-refractivity contribution in [1.29, 1.82) is 0 Å². The van der Waals surface area contributed by atoms with E-state index >= 15 is 0 Å². The Morgan fingerprint density at radius 3 is 0.939 bits per heavy atom. The lowest BCUT2D eigenvalue weighted by molar-refractivity contribution is -0.142. The highest BCUT2D eigenvalue weighted by Crippen LogP contribution is 2.43. The summed E-state index contributed by atoms with van der Waals surface area (Å²) in [5, 5.41) is 25.3. The topological polar surface area (TPSA) is 293 Å². The maximum Gasteiger partial charge on any atom is 0.436 e. The van der Waals surface area contributed by atoms with Crippen LogP contribution < -0.4 is 40.2 Å². The third kappa shape index (κ3) is 25.9. The lowest BCUT2D eigenvalue weighted by Gasteiger charge is -2.16. The zero-order valence-electron chi connectivity index (χ0n) is 71.8. The molecule has 40 heteroatoms. The molecule has 8 aromatic carbocycles. The van der Waals surface area contributed by atoms with E-state index in [1.807, 2.05) is 50.2 Å². The van der Waals surface area contributed by atoms with Crippen LogP contribution in [0, 0.1) is 13.8 Å². The molecule has 0 spiro atoms. The largest absolute Gasteiger partial charge is 0.438 e. The van der Waals surface area contributed by atoms with E-state index in [1.165, 1.54) is 85.1 Å². The quantitative estimate of drug-likeness (QED) is 0.0305. The number of aromatic nitrogens is 8. The summed E-state index contributed by atoms with van der Waals surface area (Å²) in [5.41, 5.74) is -1.24. The zero-order chi connectivity index (χ0) is 97.0. The number of nitrogens with one attached hydrogen (secondary N) is 4. The molecule has 12 rings (SSSR count). The average molecular weight is 1870 g/mol. The molecule has 0 saturated carbocycles. The van der Waals surface area contributed by atoms with Gasteiger partial charge in [-0.15, -0.1) is 0 Å². The monoisotopic (exact) mass is 1870 g/mol. The summed E-state index contributed by atoms with van der Waals surface area (Å²) in [6.45, 7) is 16.2. The van der Waals surface area contributed by atoms with E-state index in [-0.39, 0.29) is 58.2 Å². The zero-order valence-corrected chi connectivity index (χ0v) is 73.3. The number of nitrogens with zero attached hydrogens (tertiary/aromatic N) is 8. The van der Waals surface area contributed by atoms with E-state index in [2.05, 4.69) is 41.7 Å². The van der Waals surface area contributed by atoms with Gasteiger partial charge in [0.2, 0.25) is 23.5 Å². The van der Waals surface area contributed by atoms with Gasteiger partial charge in [0.1, 0.15) is 50.9 Å². The molecule has 0 radical (unpaired) electrons. The molecule has 0 bridgehead atoms. The number of alkyl halides is 14. The molecule has 4 heterocycles. The fourth-order valence-electron chi connectivity index (χ4n) is 12.5. The Morgan fingerprint density at radius 1 is 0.344 bits per heavy atom. The maximum atomic E-state index is 13.7. The fourth-order valence-corrected chi connectivity index (χ4v) is 12.9. The lowest BCUT2D eigenvalue weighted by atomic mass is 10.0. The SMILES string of the molecule is CC(=O)c1ccc([C@H](C)NC(=O)c2c(C(F)(F)F)nn(C)c2Oc2ccc(C(F)(F)F)cc2)cc1.CC(=O)c1ccc([C@H](C)NC(=O)c2c(C(F)(F)F)nn(C)c2Oc2ccc(Cl)cc2)cc1.CC(=O)c1ccc([C@H](C)NC(=O)c2c(C(F)F)nn(C)c2Oc2ccc(C(F)(F)F)cc2Cl)cc1.CC(=O)c1ccc([C@H](C)NC(=O)c2c(C)nn(C)c2Oc2ccc(C)cc2)cc1. The van der Waals surface area contributed by atoms with Gasteiger partial charge in [-0.25, -0.2) is 27.5 Å². The van der Waals surface area contributed by atoms with Crippen LogP contribution in [-0.2, 0) is 52.9 Å². The van der Waals surface area contributed by atoms with E-state index in [1.54, 1.807) is 105 Å².